The van der Waals surface area contributed by atoms with E-state index in [1.54, 1.807) is 0 Å². The Hall–Kier alpha value is -0.940. The Kier molecular flexibility index (Phi) is 2.79. The number of H-pyrrole nitrogens is 1. The first-order valence-electron chi connectivity index (χ1n) is 4.65. The van der Waals surface area contributed by atoms with E-state index in [1.807, 2.05) is 5.38 Å². The molecule has 2 heterocycles. The van der Waals surface area contributed by atoms with Crippen molar-refractivity contribution in [1.82, 2.24) is 9.88 Å². The summed E-state index contributed by atoms with van der Waals surface area (Å²) >= 11 is 1.19. The molecule has 0 unspecified atom stereocenters. The third-order valence-electron chi connectivity index (χ3n) is 2.38. The summed E-state index contributed by atoms with van der Waals surface area (Å²) in [5.74, 6) is 0.347. The first-order chi connectivity index (χ1) is 6.74. The quantitative estimate of drug-likeness (QED) is 0.781. The van der Waals surface area contributed by atoms with Gasteiger partial charge in [-0.25, -0.2) is 0 Å². The van der Waals surface area contributed by atoms with Crippen molar-refractivity contribution in [2.75, 3.05) is 13.1 Å². The number of hydrogen-bond donors (Lipinski definition) is 1. The summed E-state index contributed by atoms with van der Waals surface area (Å²) in [7, 11) is 0. The summed E-state index contributed by atoms with van der Waals surface area (Å²) in [5.41, 5.74) is 0.953. The monoisotopic (exact) mass is 212 g/mol. The highest BCUT2D eigenvalue weighted by Crippen LogP contribution is 2.09. The number of aromatic amines is 1. The van der Waals surface area contributed by atoms with Gasteiger partial charge in [-0.15, -0.1) is 0 Å². The van der Waals surface area contributed by atoms with Gasteiger partial charge in [0.1, 0.15) is 5.78 Å². The average molecular weight is 212 g/mol. The van der Waals surface area contributed by atoms with Crippen molar-refractivity contribution in [3.8, 4) is 0 Å². The minimum Gasteiger partial charge on any atom is -0.315 e. The minimum absolute atomic E-state index is 0.00640. The number of thiazole rings is 1. The van der Waals surface area contributed by atoms with E-state index in [0.717, 1.165) is 25.3 Å². The van der Waals surface area contributed by atoms with Crippen molar-refractivity contribution in [3.05, 3.63) is 20.7 Å². The molecule has 1 saturated heterocycles. The van der Waals surface area contributed by atoms with Gasteiger partial charge in [-0.2, -0.15) is 0 Å². The third kappa shape index (κ3) is 2.30. The summed E-state index contributed by atoms with van der Waals surface area (Å²) < 4.78 is 0. The van der Waals surface area contributed by atoms with Gasteiger partial charge in [0, 0.05) is 43.5 Å². The molecule has 0 aliphatic carbocycles. The predicted molar refractivity (Wildman–Crippen MR) is 54.5 cm³/mol. The molecule has 76 valence electrons. The Morgan fingerprint density at radius 1 is 1.36 bits per heavy atom. The fourth-order valence-corrected chi connectivity index (χ4v) is 2.17. The summed E-state index contributed by atoms with van der Waals surface area (Å²) in [4.78, 5) is 26.8. The lowest BCUT2D eigenvalue weighted by Gasteiger charge is -2.24. The van der Waals surface area contributed by atoms with Crippen LogP contribution in [0.2, 0.25) is 0 Å². The summed E-state index contributed by atoms with van der Waals surface area (Å²) in [6.45, 7) is 2.39. The van der Waals surface area contributed by atoms with Gasteiger partial charge in [0.25, 0.3) is 0 Å². The number of aromatic nitrogens is 1. The third-order valence-corrected chi connectivity index (χ3v) is 3.10. The van der Waals surface area contributed by atoms with Crippen LogP contribution in [0.15, 0.2) is 10.2 Å². The Morgan fingerprint density at radius 2 is 2.07 bits per heavy atom. The van der Waals surface area contributed by atoms with Gasteiger partial charge in [0.2, 0.25) is 0 Å². The summed E-state index contributed by atoms with van der Waals surface area (Å²) in [6, 6.07) is 0. The highest BCUT2D eigenvalue weighted by molar-refractivity contribution is 7.07. The van der Waals surface area contributed by atoms with Crippen LogP contribution in [0.5, 0.6) is 0 Å². The van der Waals surface area contributed by atoms with Crippen LogP contribution in [-0.4, -0.2) is 28.8 Å². The second-order valence-electron chi connectivity index (χ2n) is 3.49. The number of carbonyl (C=O) groups is 1. The molecular weight excluding hydrogens is 200 g/mol. The molecule has 0 amide bonds. The van der Waals surface area contributed by atoms with E-state index < -0.39 is 0 Å². The first-order valence-corrected chi connectivity index (χ1v) is 5.53. The highest BCUT2D eigenvalue weighted by atomic mass is 32.1. The lowest BCUT2D eigenvalue weighted by Crippen LogP contribution is -2.33. The number of nitrogens with one attached hydrogen (secondary N) is 1. The largest absolute Gasteiger partial charge is 0.315 e. The zero-order valence-corrected chi connectivity index (χ0v) is 8.60. The van der Waals surface area contributed by atoms with Gasteiger partial charge >= 0.3 is 4.87 Å². The minimum atomic E-state index is -0.00640. The number of piperidine rings is 1. The topological polar surface area (TPSA) is 53.2 Å². The van der Waals surface area contributed by atoms with Gasteiger partial charge in [0.15, 0.2) is 0 Å². The predicted octanol–water partition coefficient (Wildman–Crippen LogP) is 0.601. The number of Topliss-reactive ketones (excluding diaryl/α,β-unsaturated/α-hetero) is 1. The van der Waals surface area contributed by atoms with Crippen molar-refractivity contribution in [3.63, 3.8) is 0 Å². The average Bonchev–Trinajstić information content (AvgIpc) is 2.56. The molecule has 14 heavy (non-hydrogen) atoms. The summed E-state index contributed by atoms with van der Waals surface area (Å²) in [6.07, 6.45) is 1.29. The second kappa shape index (κ2) is 4.06. The second-order valence-corrected chi connectivity index (χ2v) is 4.33. The lowest BCUT2D eigenvalue weighted by molar-refractivity contribution is -0.121. The molecule has 0 saturated carbocycles. The first kappa shape index (κ1) is 9.61. The number of carbonyl (C=O) groups excluding carboxylic acids is 1. The molecule has 2 rings (SSSR count). The van der Waals surface area contributed by atoms with E-state index in [2.05, 4.69) is 9.88 Å². The van der Waals surface area contributed by atoms with Crippen LogP contribution in [0.25, 0.3) is 0 Å². The van der Waals surface area contributed by atoms with Gasteiger partial charge in [-0.1, -0.05) is 11.3 Å². The molecule has 0 atom stereocenters. The molecule has 0 spiro atoms. The van der Waals surface area contributed by atoms with Crippen LogP contribution in [-0.2, 0) is 11.3 Å². The molecule has 0 aromatic carbocycles. The SMILES string of the molecule is O=C1CCN(Cc2csc(=O)[nH]2)CC1. The molecular formula is C9H12N2O2S. The molecule has 1 fully saturated rings. The fourth-order valence-electron chi connectivity index (χ4n) is 1.59. The van der Waals surface area contributed by atoms with Crippen molar-refractivity contribution in [2.24, 2.45) is 0 Å². The van der Waals surface area contributed by atoms with E-state index in [-0.39, 0.29) is 4.87 Å². The number of hydrogen-bond acceptors (Lipinski definition) is 4. The Bertz CT molecular complexity index is 372. The van der Waals surface area contributed by atoms with Crippen molar-refractivity contribution >= 4 is 17.1 Å². The normalized spacial score (nSPS) is 18.7. The Balaban J connectivity index is 1.92. The van der Waals surface area contributed by atoms with E-state index in [4.69, 9.17) is 0 Å². The van der Waals surface area contributed by atoms with Crippen molar-refractivity contribution in [1.29, 1.82) is 0 Å². The number of likely N-dealkylation sites (tertiary alicyclic amines) is 1. The standard InChI is InChI=1S/C9H12N2O2S/c12-8-1-3-11(4-2-8)5-7-6-14-9(13)10-7/h6H,1-5H2,(H,10,13). The Labute approximate surface area is 85.6 Å². The van der Waals surface area contributed by atoms with Gasteiger partial charge < -0.3 is 4.98 Å². The van der Waals surface area contributed by atoms with Crippen molar-refractivity contribution in [2.45, 2.75) is 19.4 Å². The van der Waals surface area contributed by atoms with E-state index in [9.17, 15) is 9.59 Å². The van der Waals surface area contributed by atoms with Crippen LogP contribution in [0.1, 0.15) is 18.5 Å². The van der Waals surface area contributed by atoms with E-state index >= 15 is 0 Å². The zero-order valence-electron chi connectivity index (χ0n) is 7.78. The van der Waals surface area contributed by atoms with Gasteiger partial charge in [0.05, 0.1) is 0 Å². The number of nitrogens with zero attached hydrogens (tertiary/aromatic N) is 1. The highest BCUT2D eigenvalue weighted by Gasteiger charge is 2.16. The molecule has 1 aliphatic rings. The maximum atomic E-state index is 11.0. The zero-order chi connectivity index (χ0) is 9.97. The van der Waals surface area contributed by atoms with Gasteiger partial charge in [-0.3, -0.25) is 14.5 Å². The maximum Gasteiger partial charge on any atom is 0.304 e. The van der Waals surface area contributed by atoms with Crippen LogP contribution in [0, 0.1) is 0 Å². The lowest BCUT2D eigenvalue weighted by atomic mass is 10.1. The van der Waals surface area contributed by atoms with Crippen LogP contribution in [0.4, 0.5) is 0 Å². The Morgan fingerprint density at radius 3 is 2.64 bits per heavy atom. The smallest absolute Gasteiger partial charge is 0.304 e. The van der Waals surface area contributed by atoms with Crippen molar-refractivity contribution < 1.29 is 4.79 Å². The molecule has 1 aromatic heterocycles. The molecule has 1 aromatic rings. The van der Waals surface area contributed by atoms with Crippen LogP contribution >= 0.6 is 11.3 Å². The molecule has 5 heteroatoms. The van der Waals surface area contributed by atoms with Crippen LogP contribution in [0.3, 0.4) is 0 Å². The molecule has 0 bridgehead atoms. The molecule has 0 radical (unpaired) electrons. The molecule has 1 N–H and O–H groups in total. The molecule has 1 aliphatic heterocycles. The number of rotatable bonds is 2. The summed E-state index contributed by atoms with van der Waals surface area (Å²) in [5, 5.41) is 1.85. The van der Waals surface area contributed by atoms with Crippen LogP contribution < -0.4 is 4.87 Å². The van der Waals surface area contributed by atoms with E-state index in [0.29, 0.717) is 18.6 Å². The molecule has 4 nitrogen and oxygen atoms in total. The van der Waals surface area contributed by atoms with Gasteiger partial charge in [-0.05, 0) is 0 Å². The maximum absolute atomic E-state index is 11.0. The van der Waals surface area contributed by atoms with E-state index in [1.165, 1.54) is 11.3 Å². The number of ketones is 1. The fraction of sp³-hybridized carbons (Fsp3) is 0.556.